The molecule has 0 radical (unpaired) electrons. The number of hydrogen-bond acceptors (Lipinski definition) is 3. The van der Waals surface area contributed by atoms with E-state index in [9.17, 15) is 0 Å². The number of hydrogen-bond donors (Lipinski definition) is 1. The average molecular weight is 287 g/mol. The summed E-state index contributed by atoms with van der Waals surface area (Å²) in [6.07, 6.45) is 6.18. The minimum atomic E-state index is 0.503. The van der Waals surface area contributed by atoms with Gasteiger partial charge in [0.15, 0.2) is 0 Å². The van der Waals surface area contributed by atoms with Crippen LogP contribution in [-0.4, -0.2) is 29.5 Å². The number of aryl methyl sites for hydroxylation is 2. The summed E-state index contributed by atoms with van der Waals surface area (Å²) in [7, 11) is 1.70. The van der Waals surface area contributed by atoms with Crippen molar-refractivity contribution < 1.29 is 4.74 Å². The lowest BCUT2D eigenvalue weighted by molar-refractivity contribution is 0.414. The largest absolute Gasteiger partial charge is 0.497 e. The molecule has 1 heterocycles. The highest BCUT2D eigenvalue weighted by molar-refractivity contribution is 5.27. The van der Waals surface area contributed by atoms with Gasteiger partial charge in [-0.25, -0.2) is 0 Å². The van der Waals surface area contributed by atoms with Gasteiger partial charge < -0.3 is 10.1 Å². The first-order valence-electron chi connectivity index (χ1n) is 7.53. The summed E-state index contributed by atoms with van der Waals surface area (Å²) in [4.78, 5) is 0. The van der Waals surface area contributed by atoms with Crippen LogP contribution in [0.3, 0.4) is 0 Å². The molecule has 0 aliphatic heterocycles. The van der Waals surface area contributed by atoms with E-state index in [0.717, 1.165) is 31.7 Å². The van der Waals surface area contributed by atoms with Crippen molar-refractivity contribution in [1.82, 2.24) is 15.1 Å². The van der Waals surface area contributed by atoms with E-state index < -0.39 is 0 Å². The van der Waals surface area contributed by atoms with E-state index in [0.29, 0.717) is 6.04 Å². The van der Waals surface area contributed by atoms with E-state index in [4.69, 9.17) is 4.74 Å². The Balaban J connectivity index is 1.65. The lowest BCUT2D eigenvalue weighted by Crippen LogP contribution is -2.29. The Bertz CT molecular complexity index is 533. The van der Waals surface area contributed by atoms with Crippen molar-refractivity contribution in [3.05, 3.63) is 47.8 Å². The zero-order valence-electron chi connectivity index (χ0n) is 13.2. The average Bonchev–Trinajstić information content (AvgIpc) is 2.91. The second-order valence-corrected chi connectivity index (χ2v) is 5.52. The van der Waals surface area contributed by atoms with Crippen molar-refractivity contribution in [2.24, 2.45) is 0 Å². The molecule has 0 fully saturated rings. The molecule has 4 heteroatoms. The Kier molecular flexibility index (Phi) is 5.81. The van der Waals surface area contributed by atoms with Gasteiger partial charge in [0.25, 0.3) is 0 Å². The first kappa shape index (κ1) is 15.6. The van der Waals surface area contributed by atoms with Gasteiger partial charge >= 0.3 is 0 Å². The number of ether oxygens (including phenoxy) is 1. The van der Waals surface area contributed by atoms with Gasteiger partial charge in [-0.15, -0.1) is 0 Å². The lowest BCUT2D eigenvalue weighted by atomic mass is 10.1. The van der Waals surface area contributed by atoms with Crippen molar-refractivity contribution in [2.45, 2.75) is 39.3 Å². The molecule has 0 aliphatic rings. The molecule has 0 bridgehead atoms. The Hall–Kier alpha value is -1.81. The third kappa shape index (κ3) is 5.23. The van der Waals surface area contributed by atoms with Crippen molar-refractivity contribution >= 4 is 0 Å². The molecule has 2 aromatic rings. The second kappa shape index (κ2) is 7.84. The molecule has 0 saturated heterocycles. The molecule has 21 heavy (non-hydrogen) atoms. The van der Waals surface area contributed by atoms with Crippen LogP contribution in [0.4, 0.5) is 0 Å². The van der Waals surface area contributed by atoms with Gasteiger partial charge in [0.1, 0.15) is 5.75 Å². The zero-order valence-corrected chi connectivity index (χ0v) is 13.2. The summed E-state index contributed by atoms with van der Waals surface area (Å²) in [5.74, 6) is 0.916. The summed E-state index contributed by atoms with van der Waals surface area (Å²) < 4.78 is 7.16. The van der Waals surface area contributed by atoms with Gasteiger partial charge in [0.05, 0.1) is 19.9 Å². The highest BCUT2D eigenvalue weighted by Gasteiger charge is 2.03. The summed E-state index contributed by atoms with van der Waals surface area (Å²) in [6.45, 7) is 6.16. The van der Waals surface area contributed by atoms with Crippen molar-refractivity contribution in [3.63, 3.8) is 0 Å². The van der Waals surface area contributed by atoms with Crippen molar-refractivity contribution in [3.8, 4) is 5.75 Å². The minimum Gasteiger partial charge on any atom is -0.497 e. The standard InChI is InChI=1S/C17H25N3O/c1-14-12-19-20(13-14)11-10-18-15(2)4-5-16-6-8-17(21-3)9-7-16/h6-9,12-13,15,18H,4-5,10-11H2,1-3H3. The fourth-order valence-corrected chi connectivity index (χ4v) is 2.29. The molecule has 1 aromatic carbocycles. The zero-order chi connectivity index (χ0) is 15.1. The van der Waals surface area contributed by atoms with Gasteiger partial charge in [0.2, 0.25) is 0 Å². The van der Waals surface area contributed by atoms with E-state index in [1.54, 1.807) is 7.11 Å². The van der Waals surface area contributed by atoms with Crippen LogP contribution in [0.1, 0.15) is 24.5 Å². The number of benzene rings is 1. The highest BCUT2D eigenvalue weighted by atomic mass is 16.5. The van der Waals surface area contributed by atoms with Crippen molar-refractivity contribution in [1.29, 1.82) is 0 Å². The Morgan fingerprint density at radius 3 is 2.67 bits per heavy atom. The quantitative estimate of drug-likeness (QED) is 0.811. The maximum atomic E-state index is 5.17. The Morgan fingerprint density at radius 1 is 1.29 bits per heavy atom. The molecule has 0 aliphatic carbocycles. The number of aromatic nitrogens is 2. The van der Waals surface area contributed by atoms with Crippen LogP contribution in [0.5, 0.6) is 5.75 Å². The van der Waals surface area contributed by atoms with E-state index in [2.05, 4.69) is 42.6 Å². The molecule has 0 saturated carbocycles. The molecule has 4 nitrogen and oxygen atoms in total. The van der Waals surface area contributed by atoms with E-state index >= 15 is 0 Å². The summed E-state index contributed by atoms with van der Waals surface area (Å²) in [6, 6.07) is 8.82. The molecule has 0 amide bonds. The van der Waals surface area contributed by atoms with Crippen LogP contribution in [-0.2, 0) is 13.0 Å². The predicted octanol–water partition coefficient (Wildman–Crippen LogP) is 2.81. The summed E-state index contributed by atoms with van der Waals surface area (Å²) >= 11 is 0. The monoisotopic (exact) mass is 287 g/mol. The van der Waals surface area contributed by atoms with Crippen LogP contribution in [0, 0.1) is 6.92 Å². The van der Waals surface area contributed by atoms with Gasteiger partial charge in [-0.2, -0.15) is 5.10 Å². The van der Waals surface area contributed by atoms with Crippen LogP contribution in [0.15, 0.2) is 36.7 Å². The summed E-state index contributed by atoms with van der Waals surface area (Å²) in [5, 5.41) is 7.83. The molecular weight excluding hydrogens is 262 g/mol. The number of methoxy groups -OCH3 is 1. The van der Waals surface area contributed by atoms with Gasteiger partial charge in [-0.1, -0.05) is 12.1 Å². The molecular formula is C17H25N3O. The Morgan fingerprint density at radius 2 is 2.05 bits per heavy atom. The highest BCUT2D eigenvalue weighted by Crippen LogP contribution is 2.13. The van der Waals surface area contributed by atoms with Crippen LogP contribution < -0.4 is 10.1 Å². The third-order valence-corrected chi connectivity index (χ3v) is 3.62. The maximum absolute atomic E-state index is 5.17. The second-order valence-electron chi connectivity index (χ2n) is 5.52. The SMILES string of the molecule is COc1ccc(CCC(C)NCCn2cc(C)cn2)cc1. The minimum absolute atomic E-state index is 0.503. The van der Waals surface area contributed by atoms with Crippen LogP contribution >= 0.6 is 0 Å². The molecule has 1 atom stereocenters. The van der Waals surface area contributed by atoms with Crippen LogP contribution in [0.2, 0.25) is 0 Å². The van der Waals surface area contributed by atoms with Crippen LogP contribution in [0.25, 0.3) is 0 Å². The maximum Gasteiger partial charge on any atom is 0.118 e. The van der Waals surface area contributed by atoms with E-state index in [1.165, 1.54) is 11.1 Å². The normalized spacial score (nSPS) is 12.3. The fourth-order valence-electron chi connectivity index (χ4n) is 2.29. The lowest BCUT2D eigenvalue weighted by Gasteiger charge is -2.14. The molecule has 1 N–H and O–H groups in total. The van der Waals surface area contributed by atoms with Gasteiger partial charge in [-0.3, -0.25) is 4.68 Å². The topological polar surface area (TPSA) is 39.1 Å². The number of nitrogens with one attached hydrogen (secondary N) is 1. The third-order valence-electron chi connectivity index (χ3n) is 3.62. The van der Waals surface area contributed by atoms with E-state index in [-0.39, 0.29) is 0 Å². The first-order chi connectivity index (χ1) is 10.2. The number of nitrogens with zero attached hydrogens (tertiary/aromatic N) is 2. The fraction of sp³-hybridized carbons (Fsp3) is 0.471. The Labute approximate surface area is 127 Å². The van der Waals surface area contributed by atoms with Crippen molar-refractivity contribution in [2.75, 3.05) is 13.7 Å². The summed E-state index contributed by atoms with van der Waals surface area (Å²) in [5.41, 5.74) is 2.56. The molecule has 1 aromatic heterocycles. The molecule has 2 rings (SSSR count). The van der Waals surface area contributed by atoms with E-state index in [1.807, 2.05) is 23.0 Å². The van der Waals surface area contributed by atoms with Gasteiger partial charge in [0, 0.05) is 18.8 Å². The molecule has 0 spiro atoms. The first-order valence-corrected chi connectivity index (χ1v) is 7.53. The smallest absolute Gasteiger partial charge is 0.118 e. The van der Waals surface area contributed by atoms with Gasteiger partial charge in [-0.05, 0) is 49.9 Å². The molecule has 1 unspecified atom stereocenters. The molecule has 114 valence electrons. The number of rotatable bonds is 8. The predicted molar refractivity (Wildman–Crippen MR) is 85.7 cm³/mol.